The van der Waals surface area contributed by atoms with Crippen LogP contribution < -0.4 is 14.6 Å². The molecular formula is C19H21NO4S. The van der Waals surface area contributed by atoms with E-state index in [1.165, 1.54) is 0 Å². The van der Waals surface area contributed by atoms with Crippen LogP contribution in [0.2, 0.25) is 0 Å². The molecule has 0 amide bonds. The maximum absolute atomic E-state index is 11.2. The van der Waals surface area contributed by atoms with Crippen molar-refractivity contribution < 1.29 is 17.9 Å². The first-order chi connectivity index (χ1) is 11.9. The molecule has 3 rings (SSSR count). The number of rotatable bonds is 6. The fourth-order valence-corrected chi connectivity index (χ4v) is 3.63. The van der Waals surface area contributed by atoms with E-state index < -0.39 is 10.0 Å². The Bertz CT molecular complexity index is 906. The number of hydrogen-bond donors (Lipinski definition) is 1. The van der Waals surface area contributed by atoms with Crippen LogP contribution in [0.4, 0.5) is 0 Å². The highest BCUT2D eigenvalue weighted by atomic mass is 32.2. The summed E-state index contributed by atoms with van der Waals surface area (Å²) in [4.78, 5) is 0. The number of aryl methyl sites for hydroxylation is 1. The average Bonchev–Trinajstić information content (AvgIpc) is 2.59. The van der Waals surface area contributed by atoms with Crippen molar-refractivity contribution in [3.05, 3.63) is 60.2 Å². The van der Waals surface area contributed by atoms with Crippen molar-refractivity contribution >= 4 is 10.0 Å². The van der Waals surface area contributed by atoms with E-state index in [0.717, 1.165) is 33.8 Å². The minimum Gasteiger partial charge on any atom is -0.496 e. The van der Waals surface area contributed by atoms with Crippen molar-refractivity contribution in [1.29, 1.82) is 0 Å². The largest absolute Gasteiger partial charge is 0.496 e. The number of methoxy groups -OCH3 is 1. The van der Waals surface area contributed by atoms with Crippen molar-refractivity contribution in [2.24, 2.45) is 5.14 Å². The first-order valence-electron chi connectivity index (χ1n) is 8.01. The molecule has 2 aromatic rings. The fourth-order valence-electron chi connectivity index (χ4n) is 3.11. The molecule has 1 atom stereocenters. The molecule has 25 heavy (non-hydrogen) atoms. The summed E-state index contributed by atoms with van der Waals surface area (Å²) in [6.07, 6.45) is 2.67. The van der Waals surface area contributed by atoms with Gasteiger partial charge in [0, 0.05) is 12.0 Å². The van der Waals surface area contributed by atoms with Crippen molar-refractivity contribution in [3.8, 4) is 22.6 Å². The van der Waals surface area contributed by atoms with Crippen LogP contribution in [0.5, 0.6) is 11.5 Å². The average molecular weight is 359 g/mol. The third-order valence-electron chi connectivity index (χ3n) is 4.27. The molecule has 0 radical (unpaired) electrons. The topological polar surface area (TPSA) is 78.6 Å². The summed E-state index contributed by atoms with van der Waals surface area (Å²) < 4.78 is 34.1. The summed E-state index contributed by atoms with van der Waals surface area (Å²) in [7, 11) is -1.86. The molecule has 1 heterocycles. The molecular weight excluding hydrogens is 338 g/mol. The lowest BCUT2D eigenvalue weighted by Crippen LogP contribution is -2.18. The summed E-state index contributed by atoms with van der Waals surface area (Å²) in [5.41, 5.74) is 3.86. The molecule has 132 valence electrons. The van der Waals surface area contributed by atoms with Crippen LogP contribution in [0, 0.1) is 0 Å². The van der Waals surface area contributed by atoms with Gasteiger partial charge in [0.05, 0.1) is 18.4 Å². The molecule has 1 aliphatic rings. The number of nitrogens with two attached hydrogens (primary N) is 1. The number of ether oxygens (including phenoxy) is 2. The Morgan fingerprint density at radius 1 is 1.32 bits per heavy atom. The number of sulfonamides is 1. The van der Waals surface area contributed by atoms with Crippen LogP contribution in [-0.4, -0.2) is 21.3 Å². The van der Waals surface area contributed by atoms with Gasteiger partial charge >= 0.3 is 0 Å². The Hall–Kier alpha value is -2.31. The lowest BCUT2D eigenvalue weighted by atomic mass is 9.89. The van der Waals surface area contributed by atoms with E-state index in [0.29, 0.717) is 12.8 Å². The van der Waals surface area contributed by atoms with E-state index in [4.69, 9.17) is 14.6 Å². The monoisotopic (exact) mass is 359 g/mol. The minimum atomic E-state index is -3.49. The second-order valence-corrected chi connectivity index (χ2v) is 7.74. The third kappa shape index (κ3) is 3.70. The summed E-state index contributed by atoms with van der Waals surface area (Å²) in [6.45, 7) is 3.81. The van der Waals surface area contributed by atoms with E-state index in [2.05, 4.69) is 6.58 Å². The van der Waals surface area contributed by atoms with Gasteiger partial charge in [-0.1, -0.05) is 30.3 Å². The maximum atomic E-state index is 11.2. The SMILES string of the molecule is C=CCC1Oc2cccc(OC)c2-c2ccc(CCS(N)(=O)=O)cc21. The van der Waals surface area contributed by atoms with Gasteiger partial charge in [0.25, 0.3) is 0 Å². The first kappa shape index (κ1) is 17.5. The number of primary sulfonamides is 1. The van der Waals surface area contributed by atoms with Crippen LogP contribution in [0.25, 0.3) is 11.1 Å². The number of fused-ring (bicyclic) bond motifs is 3. The highest BCUT2D eigenvalue weighted by Crippen LogP contribution is 2.48. The lowest BCUT2D eigenvalue weighted by molar-refractivity contribution is 0.205. The highest BCUT2D eigenvalue weighted by Gasteiger charge is 2.28. The van der Waals surface area contributed by atoms with Crippen molar-refractivity contribution in [2.75, 3.05) is 12.9 Å². The van der Waals surface area contributed by atoms with Gasteiger partial charge in [0.1, 0.15) is 17.6 Å². The Morgan fingerprint density at radius 2 is 2.12 bits per heavy atom. The zero-order chi connectivity index (χ0) is 18.0. The predicted molar refractivity (Wildman–Crippen MR) is 98.3 cm³/mol. The molecule has 0 aliphatic carbocycles. The standard InChI is InChI=1S/C19H21NO4S/c1-3-5-16-15-12-13(10-11-25(20,21)22)8-9-14(15)19-17(23-2)6-4-7-18(19)24-16/h3-4,6-9,12,16H,1,5,10-11H2,2H3,(H2,20,21,22). The summed E-state index contributed by atoms with van der Waals surface area (Å²) >= 11 is 0. The fraction of sp³-hybridized carbons (Fsp3) is 0.263. The van der Waals surface area contributed by atoms with Crippen molar-refractivity contribution in [1.82, 2.24) is 0 Å². The molecule has 5 nitrogen and oxygen atoms in total. The molecule has 1 unspecified atom stereocenters. The molecule has 0 bridgehead atoms. The van der Waals surface area contributed by atoms with Gasteiger partial charge in [0.2, 0.25) is 10.0 Å². The quantitative estimate of drug-likeness (QED) is 0.803. The van der Waals surface area contributed by atoms with Crippen LogP contribution in [0.15, 0.2) is 49.1 Å². The third-order valence-corrected chi connectivity index (χ3v) is 5.04. The van der Waals surface area contributed by atoms with Gasteiger partial charge in [-0.3, -0.25) is 0 Å². The van der Waals surface area contributed by atoms with Gasteiger partial charge in [-0.2, -0.15) is 0 Å². The maximum Gasteiger partial charge on any atom is 0.209 e. The zero-order valence-corrected chi connectivity index (χ0v) is 14.9. The van der Waals surface area contributed by atoms with Gasteiger partial charge in [0.15, 0.2) is 0 Å². The Balaban J connectivity index is 2.07. The number of benzene rings is 2. The predicted octanol–water partition coefficient (Wildman–Crippen LogP) is 3.20. The van der Waals surface area contributed by atoms with E-state index in [1.54, 1.807) is 7.11 Å². The highest BCUT2D eigenvalue weighted by molar-refractivity contribution is 7.89. The van der Waals surface area contributed by atoms with Crippen molar-refractivity contribution in [3.63, 3.8) is 0 Å². The first-order valence-corrected chi connectivity index (χ1v) is 9.72. The molecule has 2 N–H and O–H groups in total. The molecule has 2 aromatic carbocycles. The molecule has 0 aromatic heterocycles. The minimum absolute atomic E-state index is 0.0846. The second kappa shape index (κ2) is 6.90. The summed E-state index contributed by atoms with van der Waals surface area (Å²) in [5.74, 6) is 1.43. The molecule has 0 fully saturated rings. The van der Waals surface area contributed by atoms with E-state index >= 15 is 0 Å². The zero-order valence-electron chi connectivity index (χ0n) is 14.1. The van der Waals surface area contributed by atoms with Crippen LogP contribution >= 0.6 is 0 Å². The van der Waals surface area contributed by atoms with Gasteiger partial charge in [-0.25, -0.2) is 13.6 Å². The van der Waals surface area contributed by atoms with Gasteiger partial charge in [-0.15, -0.1) is 6.58 Å². The Morgan fingerprint density at radius 3 is 2.80 bits per heavy atom. The molecule has 0 spiro atoms. The van der Waals surface area contributed by atoms with Crippen LogP contribution in [0.1, 0.15) is 23.7 Å². The smallest absolute Gasteiger partial charge is 0.209 e. The normalized spacial score (nSPS) is 15.7. The van der Waals surface area contributed by atoms with Crippen LogP contribution in [0.3, 0.4) is 0 Å². The van der Waals surface area contributed by atoms with E-state index in [-0.39, 0.29) is 11.9 Å². The Labute approximate surface area is 148 Å². The van der Waals surface area contributed by atoms with Gasteiger partial charge in [-0.05, 0) is 29.7 Å². The Kier molecular flexibility index (Phi) is 4.83. The number of hydrogen-bond acceptors (Lipinski definition) is 4. The van der Waals surface area contributed by atoms with E-state index in [1.807, 2.05) is 42.5 Å². The summed E-state index contributed by atoms with van der Waals surface area (Å²) in [5, 5.41) is 5.11. The second-order valence-electron chi connectivity index (χ2n) is 6.00. The van der Waals surface area contributed by atoms with E-state index in [9.17, 15) is 8.42 Å². The summed E-state index contributed by atoms with van der Waals surface area (Å²) in [6, 6.07) is 11.6. The molecule has 1 aliphatic heterocycles. The molecule has 0 saturated carbocycles. The lowest BCUT2D eigenvalue weighted by Gasteiger charge is -2.29. The molecule has 0 saturated heterocycles. The van der Waals surface area contributed by atoms with Crippen molar-refractivity contribution in [2.45, 2.75) is 18.9 Å². The van der Waals surface area contributed by atoms with Gasteiger partial charge < -0.3 is 9.47 Å². The van der Waals surface area contributed by atoms with Crippen LogP contribution in [-0.2, 0) is 16.4 Å². The molecule has 6 heteroatoms.